The summed E-state index contributed by atoms with van der Waals surface area (Å²) in [5.74, 6) is 0.175. The van der Waals surface area contributed by atoms with Crippen molar-refractivity contribution in [3.63, 3.8) is 0 Å². The van der Waals surface area contributed by atoms with Crippen LogP contribution in [0.5, 0.6) is 0 Å². The van der Waals surface area contributed by atoms with Gasteiger partial charge in [-0.2, -0.15) is 0 Å². The Hall–Kier alpha value is -0.610. The van der Waals surface area contributed by atoms with Crippen LogP contribution in [0.2, 0.25) is 0 Å². The minimum Gasteiger partial charge on any atom is -0.393 e. The molecule has 20 heavy (non-hydrogen) atoms. The lowest BCUT2D eigenvalue weighted by atomic mass is 10.1. The third-order valence-corrected chi connectivity index (χ3v) is 4.68. The van der Waals surface area contributed by atoms with Gasteiger partial charge in [-0.25, -0.2) is 0 Å². The first-order chi connectivity index (χ1) is 9.65. The van der Waals surface area contributed by atoms with Gasteiger partial charge in [0.15, 0.2) is 0 Å². The number of nitrogens with zero attached hydrogens (tertiary/aromatic N) is 1. The van der Waals surface area contributed by atoms with E-state index in [4.69, 9.17) is 0 Å². The largest absolute Gasteiger partial charge is 0.393 e. The van der Waals surface area contributed by atoms with E-state index in [2.05, 4.69) is 10.2 Å². The van der Waals surface area contributed by atoms with Crippen molar-refractivity contribution in [1.82, 2.24) is 10.2 Å². The zero-order chi connectivity index (χ0) is 14.4. The van der Waals surface area contributed by atoms with Crippen molar-refractivity contribution in [2.24, 2.45) is 0 Å². The van der Waals surface area contributed by atoms with E-state index in [9.17, 15) is 9.90 Å². The van der Waals surface area contributed by atoms with Gasteiger partial charge >= 0.3 is 0 Å². The summed E-state index contributed by atoms with van der Waals surface area (Å²) in [6.07, 6.45) is 10.2. The average Bonchev–Trinajstić information content (AvgIpc) is 2.64. The third kappa shape index (κ3) is 5.06. The number of hydrogen-bond donors (Lipinski definition) is 2. The van der Waals surface area contributed by atoms with Gasteiger partial charge < -0.3 is 10.4 Å². The Morgan fingerprint density at radius 1 is 1.20 bits per heavy atom. The van der Waals surface area contributed by atoms with Crippen LogP contribution < -0.4 is 5.32 Å². The second-order valence-electron chi connectivity index (χ2n) is 6.61. The number of carbonyl (C=O) groups excluding carboxylic acids is 1. The Bertz CT molecular complexity index is 299. The quantitative estimate of drug-likeness (QED) is 0.759. The maximum Gasteiger partial charge on any atom is 0.234 e. The van der Waals surface area contributed by atoms with Crippen LogP contribution in [0.25, 0.3) is 0 Å². The second kappa shape index (κ2) is 7.99. The van der Waals surface area contributed by atoms with Crippen LogP contribution in [0.4, 0.5) is 0 Å². The van der Waals surface area contributed by atoms with Gasteiger partial charge in [0.1, 0.15) is 0 Å². The molecule has 0 aromatic carbocycles. The molecule has 1 heterocycles. The Balaban J connectivity index is 1.75. The van der Waals surface area contributed by atoms with Gasteiger partial charge in [0.2, 0.25) is 5.91 Å². The Morgan fingerprint density at radius 3 is 2.55 bits per heavy atom. The monoisotopic (exact) mass is 282 g/mol. The van der Waals surface area contributed by atoms with E-state index in [1.807, 2.05) is 6.92 Å². The van der Waals surface area contributed by atoms with E-state index < -0.39 is 0 Å². The standard InChI is InChI=1S/C16H30N2O2/c1-13(19)11-15-9-6-10-18(15)12-16(20)17-14-7-4-2-3-5-8-14/h13-15,19H,2-12H2,1H3,(H,17,20). The van der Waals surface area contributed by atoms with Crippen LogP contribution in [0.1, 0.15) is 64.7 Å². The summed E-state index contributed by atoms with van der Waals surface area (Å²) in [7, 11) is 0. The van der Waals surface area contributed by atoms with Gasteiger partial charge in [0.25, 0.3) is 0 Å². The van der Waals surface area contributed by atoms with Crippen molar-refractivity contribution < 1.29 is 9.90 Å². The van der Waals surface area contributed by atoms with Crippen LogP contribution in [-0.4, -0.2) is 47.2 Å². The lowest BCUT2D eigenvalue weighted by molar-refractivity contribution is -0.123. The summed E-state index contributed by atoms with van der Waals surface area (Å²) >= 11 is 0. The molecule has 2 N–H and O–H groups in total. The van der Waals surface area contributed by atoms with E-state index >= 15 is 0 Å². The van der Waals surface area contributed by atoms with Crippen molar-refractivity contribution in [3.8, 4) is 0 Å². The zero-order valence-corrected chi connectivity index (χ0v) is 12.8. The summed E-state index contributed by atoms with van der Waals surface area (Å²) in [5, 5.41) is 12.7. The van der Waals surface area contributed by atoms with E-state index in [-0.39, 0.29) is 12.0 Å². The summed E-state index contributed by atoms with van der Waals surface area (Å²) in [6.45, 7) is 3.34. The topological polar surface area (TPSA) is 52.6 Å². The fraction of sp³-hybridized carbons (Fsp3) is 0.938. The SMILES string of the molecule is CC(O)CC1CCCN1CC(=O)NC1CCCCCC1. The molecular weight excluding hydrogens is 252 g/mol. The van der Waals surface area contributed by atoms with Crippen molar-refractivity contribution in [1.29, 1.82) is 0 Å². The van der Waals surface area contributed by atoms with Crippen LogP contribution >= 0.6 is 0 Å². The fourth-order valence-corrected chi connectivity index (χ4v) is 3.65. The first kappa shape index (κ1) is 15.8. The molecular formula is C16H30N2O2. The summed E-state index contributed by atoms with van der Waals surface area (Å²) in [6, 6.07) is 0.776. The predicted molar refractivity (Wildman–Crippen MR) is 80.5 cm³/mol. The molecule has 2 atom stereocenters. The molecule has 0 aromatic rings. The first-order valence-electron chi connectivity index (χ1n) is 8.36. The Labute approximate surface area is 122 Å². The van der Waals surface area contributed by atoms with Gasteiger partial charge in [-0.1, -0.05) is 25.7 Å². The number of aliphatic hydroxyl groups is 1. The van der Waals surface area contributed by atoms with Crippen LogP contribution in [0, 0.1) is 0 Å². The molecule has 4 heteroatoms. The minimum atomic E-state index is -0.273. The molecule has 1 aliphatic heterocycles. The molecule has 2 unspecified atom stereocenters. The second-order valence-corrected chi connectivity index (χ2v) is 6.61. The molecule has 4 nitrogen and oxygen atoms in total. The van der Waals surface area contributed by atoms with Crippen LogP contribution in [0.15, 0.2) is 0 Å². The van der Waals surface area contributed by atoms with Crippen LogP contribution in [-0.2, 0) is 4.79 Å². The van der Waals surface area contributed by atoms with E-state index in [0.29, 0.717) is 18.6 Å². The van der Waals surface area contributed by atoms with E-state index in [0.717, 1.165) is 38.6 Å². The molecule has 2 fully saturated rings. The highest BCUT2D eigenvalue weighted by atomic mass is 16.3. The number of rotatable bonds is 5. The molecule has 0 bridgehead atoms. The van der Waals surface area contributed by atoms with E-state index in [1.54, 1.807) is 0 Å². The fourth-order valence-electron chi connectivity index (χ4n) is 3.65. The van der Waals surface area contributed by atoms with Crippen molar-refractivity contribution in [3.05, 3.63) is 0 Å². The maximum atomic E-state index is 12.2. The van der Waals surface area contributed by atoms with Gasteiger partial charge in [0, 0.05) is 12.1 Å². The molecule has 0 radical (unpaired) electrons. The Kier molecular flexibility index (Phi) is 6.30. The average molecular weight is 282 g/mol. The minimum absolute atomic E-state index is 0.175. The molecule has 1 saturated carbocycles. The number of carbonyl (C=O) groups is 1. The third-order valence-electron chi connectivity index (χ3n) is 4.68. The normalized spacial score (nSPS) is 27.2. The van der Waals surface area contributed by atoms with Gasteiger partial charge in [0.05, 0.1) is 12.6 Å². The molecule has 2 rings (SSSR count). The lowest BCUT2D eigenvalue weighted by Gasteiger charge is -2.26. The van der Waals surface area contributed by atoms with Crippen molar-refractivity contribution >= 4 is 5.91 Å². The smallest absolute Gasteiger partial charge is 0.234 e. The number of nitrogens with one attached hydrogen (secondary N) is 1. The number of likely N-dealkylation sites (tertiary alicyclic amines) is 1. The maximum absolute atomic E-state index is 12.2. The highest BCUT2D eigenvalue weighted by molar-refractivity contribution is 5.78. The highest BCUT2D eigenvalue weighted by Crippen LogP contribution is 2.21. The molecule has 116 valence electrons. The zero-order valence-electron chi connectivity index (χ0n) is 12.8. The van der Waals surface area contributed by atoms with Gasteiger partial charge in [-0.15, -0.1) is 0 Å². The summed E-state index contributed by atoms with van der Waals surface area (Å²) in [5.41, 5.74) is 0. The molecule has 2 aliphatic rings. The highest BCUT2D eigenvalue weighted by Gasteiger charge is 2.27. The molecule has 0 spiro atoms. The summed E-state index contributed by atoms with van der Waals surface area (Å²) in [4.78, 5) is 14.4. The summed E-state index contributed by atoms with van der Waals surface area (Å²) < 4.78 is 0. The van der Waals surface area contributed by atoms with Gasteiger partial charge in [-0.05, 0) is 45.6 Å². The molecule has 0 aromatic heterocycles. The van der Waals surface area contributed by atoms with Crippen molar-refractivity contribution in [2.45, 2.75) is 82.9 Å². The number of amides is 1. The van der Waals surface area contributed by atoms with E-state index in [1.165, 1.54) is 25.7 Å². The number of aliphatic hydroxyl groups excluding tert-OH is 1. The first-order valence-corrected chi connectivity index (χ1v) is 8.36. The molecule has 1 amide bonds. The number of hydrogen-bond acceptors (Lipinski definition) is 3. The van der Waals surface area contributed by atoms with Crippen molar-refractivity contribution in [2.75, 3.05) is 13.1 Å². The van der Waals surface area contributed by atoms with Gasteiger partial charge in [-0.3, -0.25) is 9.69 Å². The Morgan fingerprint density at radius 2 is 1.90 bits per heavy atom. The predicted octanol–water partition coefficient (Wildman–Crippen LogP) is 2.06. The molecule has 1 aliphatic carbocycles. The lowest BCUT2D eigenvalue weighted by Crippen LogP contribution is -2.44. The molecule has 1 saturated heterocycles. The van der Waals surface area contributed by atoms with Crippen LogP contribution in [0.3, 0.4) is 0 Å².